The van der Waals surface area contributed by atoms with Crippen LogP contribution in [0.3, 0.4) is 0 Å². The van der Waals surface area contributed by atoms with Crippen molar-refractivity contribution >= 4 is 17.6 Å². The molecule has 5 aliphatic carbocycles. The minimum Gasteiger partial charge on any atom is -0.338 e. The first kappa shape index (κ1) is 20.5. The topological polar surface area (TPSA) is 59.0 Å². The molecular formula is C21H28ClF3N4O. The number of hydrogen-bond acceptors (Lipinski definition) is 2. The summed E-state index contributed by atoms with van der Waals surface area (Å²) in [4.78, 5) is 12.5. The molecule has 9 heteroatoms. The standard InChI is InChI=1S/C21H28ClF3N4O/c22-16-17(15-2-3-15)29(28-18(16)21(23,24)25)5-1-4-26-19(30)27-20-9-12-6-13(10-20)8-14(7-12)11-20/h12-15H,1-11H2,(H2,26,27,30). The van der Waals surface area contributed by atoms with Crippen molar-refractivity contribution in [3.63, 3.8) is 0 Å². The third-order valence-corrected chi connectivity index (χ3v) is 7.79. The lowest BCUT2D eigenvalue weighted by Gasteiger charge is -2.56. The second-order valence-corrected chi connectivity index (χ2v) is 10.4. The minimum atomic E-state index is -4.55. The van der Waals surface area contributed by atoms with Crippen LogP contribution in [0.4, 0.5) is 18.0 Å². The molecule has 0 aliphatic heterocycles. The summed E-state index contributed by atoms with van der Waals surface area (Å²) in [6.45, 7) is 0.695. The molecule has 2 amide bonds. The van der Waals surface area contributed by atoms with Gasteiger partial charge in [0.15, 0.2) is 5.69 Å². The number of urea groups is 1. The van der Waals surface area contributed by atoms with E-state index in [9.17, 15) is 18.0 Å². The fraction of sp³-hybridized carbons (Fsp3) is 0.810. The molecule has 1 aromatic rings. The Labute approximate surface area is 179 Å². The summed E-state index contributed by atoms with van der Waals surface area (Å²) >= 11 is 6.00. The van der Waals surface area contributed by atoms with Crippen LogP contribution in [0.15, 0.2) is 0 Å². The first-order chi connectivity index (χ1) is 14.2. The number of alkyl halides is 3. The zero-order valence-electron chi connectivity index (χ0n) is 16.9. The quantitative estimate of drug-likeness (QED) is 0.600. The number of carbonyl (C=O) groups is 1. The zero-order chi connectivity index (χ0) is 21.1. The Bertz CT molecular complexity index is 798. The van der Waals surface area contributed by atoms with Crippen molar-refractivity contribution in [1.82, 2.24) is 20.4 Å². The van der Waals surface area contributed by atoms with E-state index in [1.54, 1.807) is 0 Å². The molecule has 1 aromatic heterocycles. The van der Waals surface area contributed by atoms with Gasteiger partial charge in [-0.05, 0) is 75.5 Å². The van der Waals surface area contributed by atoms with E-state index in [0.717, 1.165) is 49.9 Å². The molecule has 0 saturated heterocycles. The van der Waals surface area contributed by atoms with Crippen LogP contribution in [-0.4, -0.2) is 27.9 Å². The van der Waals surface area contributed by atoms with E-state index in [0.29, 0.717) is 25.2 Å². The van der Waals surface area contributed by atoms with Crippen molar-refractivity contribution in [2.24, 2.45) is 17.8 Å². The number of aromatic nitrogens is 2. The molecule has 0 unspecified atom stereocenters. The van der Waals surface area contributed by atoms with Crippen LogP contribution in [0.2, 0.25) is 5.02 Å². The second kappa shape index (κ2) is 7.31. The summed E-state index contributed by atoms with van der Waals surface area (Å²) in [5, 5.41) is 9.62. The van der Waals surface area contributed by atoms with Crippen LogP contribution >= 0.6 is 11.6 Å². The number of nitrogens with zero attached hydrogens (tertiary/aromatic N) is 2. The fourth-order valence-corrected chi connectivity index (χ4v) is 6.93. The SMILES string of the molecule is O=C(NCCCn1nc(C(F)(F)F)c(Cl)c1C1CC1)NC12CC3CC(CC(C3)C1)C2. The van der Waals surface area contributed by atoms with E-state index in [2.05, 4.69) is 15.7 Å². The number of carbonyl (C=O) groups excluding carboxylic acids is 1. The van der Waals surface area contributed by atoms with Gasteiger partial charge < -0.3 is 10.6 Å². The molecule has 2 N–H and O–H groups in total. The lowest BCUT2D eigenvalue weighted by atomic mass is 9.53. The maximum absolute atomic E-state index is 13.1. The van der Waals surface area contributed by atoms with Gasteiger partial charge in [-0.2, -0.15) is 18.3 Å². The molecular weight excluding hydrogens is 417 g/mol. The molecule has 166 valence electrons. The Hall–Kier alpha value is -1.44. The van der Waals surface area contributed by atoms with Gasteiger partial charge in [0.05, 0.1) is 10.7 Å². The van der Waals surface area contributed by atoms with E-state index >= 15 is 0 Å². The van der Waals surface area contributed by atoms with E-state index in [4.69, 9.17) is 11.6 Å². The van der Waals surface area contributed by atoms with Crippen molar-refractivity contribution in [2.45, 2.75) is 82.0 Å². The highest BCUT2D eigenvalue weighted by atomic mass is 35.5. The number of amides is 2. The molecule has 5 fully saturated rings. The van der Waals surface area contributed by atoms with Crippen molar-refractivity contribution < 1.29 is 18.0 Å². The third kappa shape index (κ3) is 3.92. The summed E-state index contributed by atoms with van der Waals surface area (Å²) in [6.07, 6.45) is 4.85. The van der Waals surface area contributed by atoms with Crippen molar-refractivity contribution in [3.8, 4) is 0 Å². The smallest absolute Gasteiger partial charge is 0.338 e. The maximum Gasteiger partial charge on any atom is 0.436 e. The van der Waals surface area contributed by atoms with Crippen LogP contribution in [-0.2, 0) is 12.7 Å². The van der Waals surface area contributed by atoms with Crippen molar-refractivity contribution in [1.29, 1.82) is 0 Å². The molecule has 5 saturated carbocycles. The monoisotopic (exact) mass is 444 g/mol. The van der Waals surface area contributed by atoms with E-state index < -0.39 is 11.9 Å². The predicted molar refractivity (Wildman–Crippen MR) is 106 cm³/mol. The molecule has 1 heterocycles. The molecule has 5 aliphatic rings. The van der Waals surface area contributed by atoms with Gasteiger partial charge in [-0.25, -0.2) is 4.79 Å². The highest BCUT2D eigenvalue weighted by Gasteiger charge is 2.51. The molecule has 0 radical (unpaired) electrons. The lowest BCUT2D eigenvalue weighted by molar-refractivity contribution is -0.141. The Morgan fingerprint density at radius 3 is 2.27 bits per heavy atom. The molecule has 30 heavy (non-hydrogen) atoms. The number of nitrogens with one attached hydrogen (secondary N) is 2. The molecule has 0 aromatic carbocycles. The van der Waals surface area contributed by atoms with E-state index in [1.165, 1.54) is 23.9 Å². The third-order valence-electron chi connectivity index (χ3n) is 7.41. The predicted octanol–water partition coefficient (Wildman–Crippen LogP) is 5.09. The summed E-state index contributed by atoms with van der Waals surface area (Å²) in [5.41, 5.74) is -0.560. The summed E-state index contributed by atoms with van der Waals surface area (Å²) < 4.78 is 40.8. The molecule has 4 bridgehead atoms. The number of hydrogen-bond donors (Lipinski definition) is 2. The van der Waals surface area contributed by atoms with Gasteiger partial charge in [0, 0.05) is 24.5 Å². The zero-order valence-corrected chi connectivity index (χ0v) is 17.7. The highest BCUT2D eigenvalue weighted by Crippen LogP contribution is 2.55. The summed E-state index contributed by atoms with van der Waals surface area (Å²) in [6, 6.07) is -0.158. The van der Waals surface area contributed by atoms with Gasteiger partial charge in [0.2, 0.25) is 0 Å². The van der Waals surface area contributed by atoms with Crippen LogP contribution in [0.25, 0.3) is 0 Å². The molecule has 0 atom stereocenters. The number of rotatable bonds is 6. The molecule has 6 rings (SSSR count). The van der Waals surface area contributed by atoms with Crippen LogP contribution in [0.1, 0.15) is 75.1 Å². The van der Waals surface area contributed by atoms with Gasteiger partial charge in [-0.1, -0.05) is 11.6 Å². The Kier molecular flexibility index (Phi) is 4.99. The van der Waals surface area contributed by atoms with E-state index in [1.807, 2.05) is 0 Å². The Morgan fingerprint density at radius 1 is 1.13 bits per heavy atom. The minimum absolute atomic E-state index is 0.0465. The van der Waals surface area contributed by atoms with Crippen molar-refractivity contribution in [2.75, 3.05) is 6.54 Å². The van der Waals surface area contributed by atoms with Gasteiger partial charge in [-0.3, -0.25) is 4.68 Å². The van der Waals surface area contributed by atoms with Gasteiger partial charge in [0.25, 0.3) is 0 Å². The Morgan fingerprint density at radius 2 is 1.73 bits per heavy atom. The number of halogens is 4. The average Bonchev–Trinajstić information content (AvgIpc) is 3.39. The van der Waals surface area contributed by atoms with Crippen molar-refractivity contribution in [3.05, 3.63) is 16.4 Å². The highest BCUT2D eigenvalue weighted by molar-refractivity contribution is 6.32. The lowest BCUT2D eigenvalue weighted by Crippen LogP contribution is -2.61. The maximum atomic E-state index is 13.1. The van der Waals surface area contributed by atoms with Crippen LogP contribution in [0, 0.1) is 17.8 Å². The first-order valence-corrected chi connectivity index (χ1v) is 11.5. The van der Waals surface area contributed by atoms with E-state index in [-0.39, 0.29) is 22.5 Å². The molecule has 0 spiro atoms. The average molecular weight is 445 g/mol. The van der Waals surface area contributed by atoms with Gasteiger partial charge >= 0.3 is 12.2 Å². The van der Waals surface area contributed by atoms with Crippen LogP contribution < -0.4 is 10.6 Å². The van der Waals surface area contributed by atoms with Crippen LogP contribution in [0.5, 0.6) is 0 Å². The largest absolute Gasteiger partial charge is 0.436 e. The normalized spacial score (nSPS) is 32.5. The fourth-order valence-electron chi connectivity index (χ4n) is 6.53. The van der Waals surface area contributed by atoms with Gasteiger partial charge in [0.1, 0.15) is 0 Å². The van der Waals surface area contributed by atoms with Gasteiger partial charge in [-0.15, -0.1) is 0 Å². The first-order valence-electron chi connectivity index (χ1n) is 11.1. The second-order valence-electron chi connectivity index (χ2n) is 9.98. The summed E-state index contributed by atoms with van der Waals surface area (Å²) in [5.74, 6) is 2.33. The Balaban J connectivity index is 1.14. The summed E-state index contributed by atoms with van der Waals surface area (Å²) in [7, 11) is 0. The number of aryl methyl sites for hydroxylation is 1. The molecule has 5 nitrogen and oxygen atoms in total.